The van der Waals surface area contributed by atoms with Crippen molar-refractivity contribution >= 4 is 27.5 Å². The molecule has 1 N–H and O–H groups in total. The SMILES string of the molecule is CNC(C)c1cc(F)c(C)cc1Oc1ccc(Br)cc1Cl. The van der Waals surface area contributed by atoms with Gasteiger partial charge in [-0.05, 0) is 56.8 Å². The average Bonchev–Trinajstić information content (AvgIpc) is 2.44. The molecule has 2 nitrogen and oxygen atoms in total. The molecule has 2 rings (SSSR count). The number of hydrogen-bond acceptors (Lipinski definition) is 2. The summed E-state index contributed by atoms with van der Waals surface area (Å²) < 4.78 is 20.6. The summed E-state index contributed by atoms with van der Waals surface area (Å²) in [6.45, 7) is 3.65. The van der Waals surface area contributed by atoms with Crippen LogP contribution in [0, 0.1) is 12.7 Å². The second-order valence-electron chi connectivity index (χ2n) is 4.83. The van der Waals surface area contributed by atoms with Gasteiger partial charge < -0.3 is 10.1 Å². The molecule has 2 aromatic carbocycles. The Kier molecular flexibility index (Phi) is 5.25. The van der Waals surface area contributed by atoms with Gasteiger partial charge in [-0.3, -0.25) is 0 Å². The third kappa shape index (κ3) is 3.76. The number of nitrogens with one attached hydrogen (secondary N) is 1. The number of halogens is 3. The Labute approximate surface area is 137 Å². The van der Waals surface area contributed by atoms with E-state index in [-0.39, 0.29) is 11.9 Å². The first-order chi connectivity index (χ1) is 9.92. The van der Waals surface area contributed by atoms with E-state index in [0.717, 1.165) is 10.0 Å². The number of aryl methyl sites for hydroxylation is 1. The van der Waals surface area contributed by atoms with Crippen LogP contribution in [-0.2, 0) is 0 Å². The topological polar surface area (TPSA) is 21.3 Å². The van der Waals surface area contributed by atoms with Gasteiger partial charge in [-0.2, -0.15) is 0 Å². The fourth-order valence-electron chi connectivity index (χ4n) is 1.93. The maximum absolute atomic E-state index is 13.8. The Hall–Kier alpha value is -1.10. The van der Waals surface area contributed by atoms with E-state index in [4.69, 9.17) is 16.3 Å². The van der Waals surface area contributed by atoms with Gasteiger partial charge >= 0.3 is 0 Å². The Morgan fingerprint density at radius 2 is 1.95 bits per heavy atom. The van der Waals surface area contributed by atoms with E-state index in [9.17, 15) is 4.39 Å². The van der Waals surface area contributed by atoms with E-state index in [2.05, 4.69) is 21.2 Å². The highest BCUT2D eigenvalue weighted by Crippen LogP contribution is 2.36. The number of ether oxygens (including phenoxy) is 1. The Morgan fingerprint density at radius 3 is 2.57 bits per heavy atom. The third-order valence-corrected chi connectivity index (χ3v) is 4.09. The summed E-state index contributed by atoms with van der Waals surface area (Å²) in [5, 5.41) is 3.59. The molecule has 0 aliphatic carbocycles. The van der Waals surface area contributed by atoms with Crippen LogP contribution in [0.1, 0.15) is 24.1 Å². The van der Waals surface area contributed by atoms with Crippen LogP contribution in [0.4, 0.5) is 4.39 Å². The van der Waals surface area contributed by atoms with Gasteiger partial charge in [0, 0.05) is 16.1 Å². The fraction of sp³-hybridized carbons (Fsp3) is 0.250. The second kappa shape index (κ2) is 6.77. The van der Waals surface area contributed by atoms with E-state index in [1.165, 1.54) is 6.07 Å². The monoisotopic (exact) mass is 371 g/mol. The molecular weight excluding hydrogens is 357 g/mol. The van der Waals surface area contributed by atoms with Gasteiger partial charge in [-0.1, -0.05) is 27.5 Å². The molecule has 0 saturated carbocycles. The van der Waals surface area contributed by atoms with Crippen molar-refractivity contribution in [3.63, 3.8) is 0 Å². The third-order valence-electron chi connectivity index (χ3n) is 3.30. The zero-order valence-corrected chi connectivity index (χ0v) is 14.3. The van der Waals surface area contributed by atoms with Gasteiger partial charge in [0.05, 0.1) is 5.02 Å². The van der Waals surface area contributed by atoms with E-state index in [1.807, 2.05) is 20.0 Å². The van der Waals surface area contributed by atoms with Gasteiger partial charge in [-0.25, -0.2) is 4.39 Å². The molecule has 0 fully saturated rings. The smallest absolute Gasteiger partial charge is 0.146 e. The second-order valence-corrected chi connectivity index (χ2v) is 6.15. The maximum atomic E-state index is 13.8. The molecule has 0 aliphatic rings. The van der Waals surface area contributed by atoms with Crippen LogP contribution in [0.15, 0.2) is 34.8 Å². The number of hydrogen-bond donors (Lipinski definition) is 1. The van der Waals surface area contributed by atoms with Crippen molar-refractivity contribution in [3.05, 3.63) is 56.8 Å². The quantitative estimate of drug-likeness (QED) is 0.752. The molecular formula is C16H16BrClFNO. The van der Waals surface area contributed by atoms with Crippen LogP contribution in [-0.4, -0.2) is 7.05 Å². The van der Waals surface area contributed by atoms with E-state index in [0.29, 0.717) is 22.1 Å². The lowest BCUT2D eigenvalue weighted by Gasteiger charge is -2.18. The highest BCUT2D eigenvalue weighted by molar-refractivity contribution is 9.10. The minimum absolute atomic E-state index is 0.0377. The zero-order chi connectivity index (χ0) is 15.6. The standard InChI is InChI=1S/C16H16BrClFNO/c1-9-6-16(12(8-14(9)19)10(2)20-3)21-15-5-4-11(17)7-13(15)18/h4-8,10,20H,1-3H3. The van der Waals surface area contributed by atoms with Crippen molar-refractivity contribution in [2.24, 2.45) is 0 Å². The van der Waals surface area contributed by atoms with Crippen molar-refractivity contribution in [1.82, 2.24) is 5.32 Å². The van der Waals surface area contributed by atoms with E-state index in [1.54, 1.807) is 25.1 Å². The van der Waals surface area contributed by atoms with Crippen molar-refractivity contribution in [1.29, 1.82) is 0 Å². The van der Waals surface area contributed by atoms with Crippen LogP contribution in [0.5, 0.6) is 11.5 Å². The minimum Gasteiger partial charge on any atom is -0.455 e. The predicted octanol–water partition coefficient (Wildman–Crippen LogP) is 5.62. The number of benzene rings is 2. The normalized spacial score (nSPS) is 12.3. The van der Waals surface area contributed by atoms with Gasteiger partial charge in [-0.15, -0.1) is 0 Å². The highest BCUT2D eigenvalue weighted by Gasteiger charge is 2.15. The predicted molar refractivity (Wildman–Crippen MR) is 87.8 cm³/mol. The van der Waals surface area contributed by atoms with Crippen LogP contribution < -0.4 is 10.1 Å². The number of rotatable bonds is 4. The van der Waals surface area contributed by atoms with Crippen LogP contribution in [0.3, 0.4) is 0 Å². The van der Waals surface area contributed by atoms with Gasteiger partial charge in [0.25, 0.3) is 0 Å². The van der Waals surface area contributed by atoms with Gasteiger partial charge in [0.1, 0.15) is 17.3 Å². The van der Waals surface area contributed by atoms with Crippen molar-refractivity contribution in [2.45, 2.75) is 19.9 Å². The largest absolute Gasteiger partial charge is 0.455 e. The average molecular weight is 373 g/mol. The molecule has 0 heterocycles. The van der Waals surface area contributed by atoms with Crippen molar-refractivity contribution in [3.8, 4) is 11.5 Å². The fourth-order valence-corrected chi connectivity index (χ4v) is 2.64. The van der Waals surface area contributed by atoms with Crippen molar-refractivity contribution < 1.29 is 9.13 Å². The zero-order valence-electron chi connectivity index (χ0n) is 12.0. The van der Waals surface area contributed by atoms with Gasteiger partial charge in [0.15, 0.2) is 0 Å². The summed E-state index contributed by atoms with van der Waals surface area (Å²) in [7, 11) is 1.82. The van der Waals surface area contributed by atoms with E-state index >= 15 is 0 Å². The first-order valence-corrected chi connectivity index (χ1v) is 7.69. The summed E-state index contributed by atoms with van der Waals surface area (Å²) in [5.74, 6) is 0.886. The molecule has 2 aromatic rings. The lowest BCUT2D eigenvalue weighted by molar-refractivity contribution is 0.462. The summed E-state index contributed by atoms with van der Waals surface area (Å²) in [6, 6.07) is 8.53. The molecule has 0 radical (unpaired) electrons. The lowest BCUT2D eigenvalue weighted by atomic mass is 10.0. The molecule has 112 valence electrons. The molecule has 0 amide bonds. The first-order valence-electron chi connectivity index (χ1n) is 6.52. The molecule has 1 atom stereocenters. The van der Waals surface area contributed by atoms with Crippen LogP contribution >= 0.6 is 27.5 Å². The van der Waals surface area contributed by atoms with Crippen molar-refractivity contribution in [2.75, 3.05) is 7.05 Å². The van der Waals surface area contributed by atoms with E-state index < -0.39 is 0 Å². The maximum Gasteiger partial charge on any atom is 0.146 e. The minimum atomic E-state index is -0.249. The highest BCUT2D eigenvalue weighted by atomic mass is 79.9. The molecule has 5 heteroatoms. The molecule has 0 aromatic heterocycles. The molecule has 0 spiro atoms. The molecule has 1 unspecified atom stereocenters. The summed E-state index contributed by atoms with van der Waals surface area (Å²) >= 11 is 9.52. The summed E-state index contributed by atoms with van der Waals surface area (Å²) in [5.41, 5.74) is 1.28. The first kappa shape index (κ1) is 16.3. The molecule has 0 saturated heterocycles. The van der Waals surface area contributed by atoms with Crippen LogP contribution in [0.2, 0.25) is 5.02 Å². The molecule has 0 bridgehead atoms. The molecule has 21 heavy (non-hydrogen) atoms. The van der Waals surface area contributed by atoms with Gasteiger partial charge in [0.2, 0.25) is 0 Å². The Balaban J connectivity index is 2.45. The Bertz CT molecular complexity index is 663. The Morgan fingerprint density at radius 1 is 1.24 bits per heavy atom. The van der Waals surface area contributed by atoms with Crippen LogP contribution in [0.25, 0.3) is 0 Å². The lowest BCUT2D eigenvalue weighted by Crippen LogP contribution is -2.13. The summed E-state index contributed by atoms with van der Waals surface area (Å²) in [6.07, 6.45) is 0. The molecule has 0 aliphatic heterocycles. The summed E-state index contributed by atoms with van der Waals surface area (Å²) in [4.78, 5) is 0.